The van der Waals surface area contributed by atoms with Crippen molar-refractivity contribution in [1.29, 1.82) is 0 Å². The molecule has 0 saturated carbocycles. The summed E-state index contributed by atoms with van der Waals surface area (Å²) in [6.07, 6.45) is 0. The molecular weight excluding hydrogens is 302 g/mol. The lowest BCUT2D eigenvalue weighted by Gasteiger charge is -2.13. The van der Waals surface area contributed by atoms with Gasteiger partial charge in [0.1, 0.15) is 7.17 Å². The summed E-state index contributed by atoms with van der Waals surface area (Å²) < 4.78 is 1.17. The Kier molecular flexibility index (Phi) is 4.33. The van der Waals surface area contributed by atoms with Gasteiger partial charge in [0, 0.05) is 13.4 Å². The number of anilines is 1. The fraction of sp³-hybridized carbons (Fsp3) is 0. The van der Waals surface area contributed by atoms with E-state index >= 15 is 0 Å². The molecule has 3 rings (SSSR count). The van der Waals surface area contributed by atoms with Gasteiger partial charge in [0.2, 0.25) is 0 Å². The van der Waals surface area contributed by atoms with Crippen LogP contribution < -0.4 is 10.8 Å². The molecule has 3 aromatic rings. The number of amides is 1. The van der Waals surface area contributed by atoms with E-state index in [9.17, 15) is 15.0 Å². The molecule has 0 unspecified atom stereocenters. The van der Waals surface area contributed by atoms with E-state index in [1.165, 1.54) is 17.8 Å². The van der Waals surface area contributed by atoms with Gasteiger partial charge in [0.25, 0.3) is 5.91 Å². The van der Waals surface area contributed by atoms with Crippen molar-refractivity contribution < 1.29 is 15.0 Å². The summed E-state index contributed by atoms with van der Waals surface area (Å²) in [5, 5.41) is 23.1. The second kappa shape index (κ2) is 6.58. The Bertz CT molecular complexity index is 879. The standard InChI is InChI=1S/C17H13B2N2O3/c18-19-13-10-15(22)21(17(13)24)14-9-5-4-8-12(14)16(23)20-11-6-2-1-3-7-11/h1-10,22,24H,(H,20,23). The van der Waals surface area contributed by atoms with Crippen LogP contribution in [0.15, 0.2) is 60.7 Å². The van der Waals surface area contributed by atoms with Gasteiger partial charge < -0.3 is 15.5 Å². The van der Waals surface area contributed by atoms with Crippen LogP contribution >= 0.6 is 0 Å². The number of rotatable bonds is 4. The molecule has 0 atom stereocenters. The predicted molar refractivity (Wildman–Crippen MR) is 94.6 cm³/mol. The quantitative estimate of drug-likeness (QED) is 0.640. The predicted octanol–water partition coefficient (Wildman–Crippen LogP) is 1.55. The highest BCUT2D eigenvalue weighted by atomic mass is 16.3. The zero-order chi connectivity index (χ0) is 17.1. The van der Waals surface area contributed by atoms with Crippen LogP contribution in [-0.4, -0.2) is 35.6 Å². The molecule has 1 aromatic heterocycles. The van der Waals surface area contributed by atoms with E-state index in [1.54, 1.807) is 36.4 Å². The molecule has 0 bridgehead atoms. The Hall–Kier alpha value is -3.08. The van der Waals surface area contributed by atoms with Gasteiger partial charge in [-0.3, -0.25) is 9.36 Å². The Morgan fingerprint density at radius 3 is 2.38 bits per heavy atom. The van der Waals surface area contributed by atoms with E-state index in [2.05, 4.69) is 5.32 Å². The summed E-state index contributed by atoms with van der Waals surface area (Å²) in [5.74, 6) is -0.818. The van der Waals surface area contributed by atoms with Gasteiger partial charge in [0.05, 0.1) is 11.3 Å². The molecule has 0 spiro atoms. The molecule has 0 fully saturated rings. The van der Waals surface area contributed by atoms with Crippen LogP contribution in [0.2, 0.25) is 0 Å². The first-order valence-corrected chi connectivity index (χ1v) is 7.26. The maximum absolute atomic E-state index is 12.6. The van der Waals surface area contributed by atoms with Crippen LogP contribution in [0.25, 0.3) is 5.69 Å². The van der Waals surface area contributed by atoms with Crippen LogP contribution in [0.5, 0.6) is 11.8 Å². The number of benzene rings is 2. The lowest BCUT2D eigenvalue weighted by Crippen LogP contribution is -2.16. The van der Waals surface area contributed by atoms with Gasteiger partial charge in [0.15, 0.2) is 11.8 Å². The average molecular weight is 315 g/mol. The molecule has 2 aromatic carbocycles. The molecule has 24 heavy (non-hydrogen) atoms. The van der Waals surface area contributed by atoms with E-state index in [-0.39, 0.29) is 23.1 Å². The van der Waals surface area contributed by atoms with Gasteiger partial charge in [-0.15, -0.1) is 0 Å². The van der Waals surface area contributed by atoms with Crippen molar-refractivity contribution in [2.45, 2.75) is 0 Å². The normalized spacial score (nSPS) is 10.3. The zero-order valence-corrected chi connectivity index (χ0v) is 12.7. The number of hydrogen-bond donors (Lipinski definition) is 3. The molecule has 1 heterocycles. The van der Waals surface area contributed by atoms with E-state index in [4.69, 9.17) is 7.74 Å². The van der Waals surface area contributed by atoms with E-state index in [1.807, 2.05) is 18.2 Å². The van der Waals surface area contributed by atoms with Gasteiger partial charge in [-0.2, -0.15) is 0 Å². The smallest absolute Gasteiger partial charge is 0.257 e. The van der Waals surface area contributed by atoms with Crippen molar-refractivity contribution in [2.24, 2.45) is 0 Å². The SMILES string of the molecule is [B][B]c1cc(O)n(-c2ccccc2C(=O)Nc2ccccc2)c1O. The van der Waals surface area contributed by atoms with Crippen LogP contribution in [-0.2, 0) is 0 Å². The molecule has 0 aliphatic heterocycles. The van der Waals surface area contributed by atoms with E-state index in [0.717, 1.165) is 0 Å². The van der Waals surface area contributed by atoms with Crippen molar-refractivity contribution >= 4 is 32.0 Å². The van der Waals surface area contributed by atoms with Crippen molar-refractivity contribution in [3.8, 4) is 17.4 Å². The van der Waals surface area contributed by atoms with Crippen molar-refractivity contribution in [3.63, 3.8) is 0 Å². The second-order valence-corrected chi connectivity index (χ2v) is 5.12. The van der Waals surface area contributed by atoms with Crippen molar-refractivity contribution in [1.82, 2.24) is 4.57 Å². The molecule has 3 N–H and O–H groups in total. The first kappa shape index (κ1) is 15.8. The molecule has 0 saturated heterocycles. The Balaban J connectivity index is 2.03. The third kappa shape index (κ3) is 2.88. The minimum absolute atomic E-state index is 0.218. The average Bonchev–Trinajstić information content (AvgIpc) is 2.89. The van der Waals surface area contributed by atoms with Gasteiger partial charge in [-0.05, 0) is 35.8 Å². The number of carbonyl (C=O) groups excluding carboxylic acids is 1. The molecular formula is C17H13B2N2O3. The molecule has 7 heteroatoms. The monoisotopic (exact) mass is 315 g/mol. The lowest BCUT2D eigenvalue weighted by molar-refractivity contribution is 0.102. The van der Waals surface area contributed by atoms with Crippen LogP contribution in [0.1, 0.15) is 10.4 Å². The van der Waals surface area contributed by atoms with Gasteiger partial charge >= 0.3 is 0 Å². The summed E-state index contributed by atoms with van der Waals surface area (Å²) >= 11 is 0. The molecule has 115 valence electrons. The van der Waals surface area contributed by atoms with Crippen molar-refractivity contribution in [2.75, 3.05) is 5.32 Å². The fourth-order valence-corrected chi connectivity index (χ4v) is 2.45. The molecule has 0 aliphatic carbocycles. The van der Waals surface area contributed by atoms with Crippen molar-refractivity contribution in [3.05, 3.63) is 66.2 Å². The van der Waals surface area contributed by atoms with E-state index in [0.29, 0.717) is 16.9 Å². The minimum Gasteiger partial charge on any atom is -0.495 e. The number of aromatic nitrogens is 1. The molecule has 1 amide bonds. The highest BCUT2D eigenvalue weighted by Crippen LogP contribution is 2.27. The van der Waals surface area contributed by atoms with Crippen LogP contribution in [0.4, 0.5) is 5.69 Å². The number of aromatic hydroxyl groups is 2. The number of nitrogens with one attached hydrogen (secondary N) is 1. The van der Waals surface area contributed by atoms with E-state index < -0.39 is 0 Å². The summed E-state index contributed by atoms with van der Waals surface area (Å²) in [5.41, 5.74) is 1.56. The van der Waals surface area contributed by atoms with Crippen LogP contribution in [0.3, 0.4) is 0 Å². The summed E-state index contributed by atoms with van der Waals surface area (Å²) in [4.78, 5) is 12.6. The number of para-hydroxylation sites is 2. The molecule has 5 nitrogen and oxygen atoms in total. The largest absolute Gasteiger partial charge is 0.495 e. The topological polar surface area (TPSA) is 74.5 Å². The molecule has 0 aliphatic rings. The third-order valence-corrected chi connectivity index (χ3v) is 3.58. The Labute approximate surface area is 141 Å². The van der Waals surface area contributed by atoms with Crippen LogP contribution in [0, 0.1) is 0 Å². The fourth-order valence-electron chi connectivity index (χ4n) is 2.45. The first-order chi connectivity index (χ1) is 11.6. The third-order valence-electron chi connectivity index (χ3n) is 3.58. The maximum Gasteiger partial charge on any atom is 0.257 e. The Morgan fingerprint density at radius 1 is 1.04 bits per heavy atom. The van der Waals surface area contributed by atoms with Gasteiger partial charge in [-0.1, -0.05) is 30.3 Å². The number of nitrogens with zero attached hydrogens (tertiary/aromatic N) is 1. The summed E-state index contributed by atoms with van der Waals surface area (Å²) in [6.45, 7) is 0. The number of hydrogen-bond acceptors (Lipinski definition) is 3. The zero-order valence-electron chi connectivity index (χ0n) is 12.7. The minimum atomic E-state index is -0.359. The summed E-state index contributed by atoms with van der Waals surface area (Å²) in [6, 6.07) is 17.0. The Morgan fingerprint density at radius 2 is 1.71 bits per heavy atom. The second-order valence-electron chi connectivity index (χ2n) is 5.12. The maximum atomic E-state index is 12.6. The molecule has 3 radical (unpaired) electrons. The highest BCUT2D eigenvalue weighted by Gasteiger charge is 2.19. The van der Waals surface area contributed by atoms with Gasteiger partial charge in [-0.25, -0.2) is 0 Å². The lowest BCUT2D eigenvalue weighted by atomic mass is 9.52. The highest BCUT2D eigenvalue weighted by molar-refractivity contribution is 6.98. The first-order valence-electron chi connectivity index (χ1n) is 7.26. The number of carbonyl (C=O) groups is 1. The summed E-state index contributed by atoms with van der Waals surface area (Å²) in [7, 11) is 6.60.